The molecule has 1 aliphatic heterocycles. The molecule has 0 radical (unpaired) electrons. The van der Waals surface area contributed by atoms with Gasteiger partial charge in [0, 0.05) is 5.56 Å². The second-order valence-corrected chi connectivity index (χ2v) is 6.64. The highest BCUT2D eigenvalue weighted by Crippen LogP contribution is 2.31. The lowest BCUT2D eigenvalue weighted by molar-refractivity contribution is 0.259. The Kier molecular flexibility index (Phi) is 4.18. The number of ether oxygens (including phenoxy) is 1. The summed E-state index contributed by atoms with van der Waals surface area (Å²) in [5.41, 5.74) is 15.2. The Morgan fingerprint density at radius 2 is 2.07 bits per heavy atom. The summed E-state index contributed by atoms with van der Waals surface area (Å²) in [5, 5.41) is 17.9. The first-order chi connectivity index (χ1) is 13.0. The number of rotatable bonds is 4. The van der Waals surface area contributed by atoms with Crippen LogP contribution >= 0.6 is 0 Å². The van der Waals surface area contributed by atoms with Crippen molar-refractivity contribution in [2.24, 2.45) is 16.6 Å². The normalized spacial score (nSPS) is 25.0. The summed E-state index contributed by atoms with van der Waals surface area (Å²) in [6, 6.07) is 15.6. The van der Waals surface area contributed by atoms with Gasteiger partial charge in [0.2, 0.25) is 0 Å². The maximum absolute atomic E-state index is 8.22. The smallest absolute Gasteiger partial charge is 0.149 e. The molecule has 2 aromatic carbocycles. The summed E-state index contributed by atoms with van der Waals surface area (Å²) < 4.78 is 5.32. The molecular weight excluding hydrogens is 340 g/mol. The third-order valence-corrected chi connectivity index (χ3v) is 5.03. The number of nitrogens with two attached hydrogens (primary N) is 2. The van der Waals surface area contributed by atoms with Crippen LogP contribution in [0.5, 0.6) is 5.75 Å². The number of methoxy groups -OCH3 is 1. The fourth-order valence-corrected chi connectivity index (χ4v) is 3.55. The first-order valence-corrected chi connectivity index (χ1v) is 8.68. The van der Waals surface area contributed by atoms with Crippen LogP contribution in [0.15, 0.2) is 59.7 Å². The molecule has 2 atom stereocenters. The number of hydrazone groups is 1. The molecule has 1 heterocycles. The lowest BCUT2D eigenvalue weighted by Gasteiger charge is -2.28. The fourth-order valence-electron chi connectivity index (χ4n) is 3.55. The van der Waals surface area contributed by atoms with Crippen LogP contribution in [0.4, 0.5) is 0 Å². The highest BCUT2D eigenvalue weighted by atomic mass is 16.5. The van der Waals surface area contributed by atoms with Crippen LogP contribution in [0.1, 0.15) is 16.7 Å². The fraction of sp³-hybridized carbons (Fsp3) is 0.200. The molecule has 1 saturated heterocycles. The lowest BCUT2D eigenvalue weighted by atomic mass is 9.89. The van der Waals surface area contributed by atoms with Gasteiger partial charge in [0.15, 0.2) is 0 Å². The Balaban J connectivity index is 1.69. The average molecular weight is 362 g/mol. The minimum Gasteiger partial charge on any atom is -0.497 e. The molecule has 27 heavy (non-hydrogen) atoms. The summed E-state index contributed by atoms with van der Waals surface area (Å²) in [6.07, 6.45) is 3.42. The number of hydrogen-bond donors (Lipinski definition) is 4. The number of amidine groups is 1. The first-order valence-electron chi connectivity index (χ1n) is 8.68. The molecule has 0 spiro atoms. The van der Waals surface area contributed by atoms with Gasteiger partial charge in [-0.2, -0.15) is 5.10 Å². The van der Waals surface area contributed by atoms with Crippen LogP contribution in [0.3, 0.4) is 0 Å². The summed E-state index contributed by atoms with van der Waals surface area (Å²) in [7, 11) is 1.61. The number of allylic oxidation sites excluding steroid dienone is 1. The van der Waals surface area contributed by atoms with E-state index in [9.17, 15) is 0 Å². The summed E-state index contributed by atoms with van der Waals surface area (Å²) in [6.45, 7) is 0.343. The van der Waals surface area contributed by atoms with E-state index in [0.717, 1.165) is 22.4 Å². The maximum Gasteiger partial charge on any atom is 0.149 e. The molecule has 7 nitrogen and oxygen atoms in total. The Morgan fingerprint density at radius 3 is 2.85 bits per heavy atom. The second kappa shape index (κ2) is 6.53. The Morgan fingerprint density at radius 1 is 1.26 bits per heavy atom. The molecule has 6 N–H and O–H groups in total. The van der Waals surface area contributed by atoms with Crippen LogP contribution in [0.25, 0.3) is 6.08 Å². The van der Waals surface area contributed by atoms with Crippen LogP contribution in [0, 0.1) is 5.41 Å². The van der Waals surface area contributed by atoms with Crippen molar-refractivity contribution in [1.82, 2.24) is 10.3 Å². The van der Waals surface area contributed by atoms with E-state index in [-0.39, 0.29) is 5.84 Å². The standard InChI is InChI=1S/C20H22N6O/c1-27-15-7-4-6-14(11-15)20(18(21)22)12-26(19(23)24-20)25-17-10-9-13-5-2-3-8-16(13)17/h2-11,19,24H,12,23H2,1H3,(H3,21,22). The maximum atomic E-state index is 8.22. The number of nitrogens with one attached hydrogen (secondary N) is 2. The van der Waals surface area contributed by atoms with E-state index >= 15 is 0 Å². The number of hydrogen-bond acceptors (Lipinski definition) is 6. The van der Waals surface area contributed by atoms with Crippen molar-refractivity contribution in [3.8, 4) is 5.75 Å². The van der Waals surface area contributed by atoms with Gasteiger partial charge in [0.05, 0.1) is 19.4 Å². The van der Waals surface area contributed by atoms with Gasteiger partial charge in [0.1, 0.15) is 23.4 Å². The SMILES string of the molecule is COc1cccc(C2(C(=N)N)CN(N=C3C=Cc4ccccc43)C(N)N2)c1. The van der Waals surface area contributed by atoms with Gasteiger partial charge in [0.25, 0.3) is 0 Å². The van der Waals surface area contributed by atoms with Crippen molar-refractivity contribution >= 4 is 17.6 Å². The molecule has 2 aliphatic rings. The van der Waals surface area contributed by atoms with Gasteiger partial charge in [-0.25, -0.2) is 0 Å². The van der Waals surface area contributed by atoms with Crippen LogP contribution < -0.4 is 21.5 Å². The van der Waals surface area contributed by atoms with Crippen molar-refractivity contribution in [1.29, 1.82) is 5.41 Å². The molecule has 1 fully saturated rings. The van der Waals surface area contributed by atoms with Crippen LogP contribution in [-0.2, 0) is 5.54 Å². The zero-order chi connectivity index (χ0) is 19.0. The molecule has 4 rings (SSSR count). The quantitative estimate of drug-likeness (QED) is 0.485. The van der Waals surface area contributed by atoms with Crippen molar-refractivity contribution in [3.63, 3.8) is 0 Å². The van der Waals surface area contributed by atoms with Gasteiger partial charge in [-0.05, 0) is 29.3 Å². The predicted molar refractivity (Wildman–Crippen MR) is 106 cm³/mol. The molecule has 0 bridgehead atoms. The van der Waals surface area contributed by atoms with Crippen molar-refractivity contribution in [2.45, 2.75) is 11.8 Å². The van der Waals surface area contributed by atoms with Crippen molar-refractivity contribution in [2.75, 3.05) is 13.7 Å². The molecule has 2 unspecified atom stereocenters. The van der Waals surface area contributed by atoms with Gasteiger partial charge in [-0.15, -0.1) is 0 Å². The van der Waals surface area contributed by atoms with E-state index in [2.05, 4.69) is 5.32 Å². The topological polar surface area (TPSA) is 113 Å². The molecule has 7 heteroatoms. The number of nitrogens with zero attached hydrogens (tertiary/aromatic N) is 2. The number of benzene rings is 2. The molecule has 0 amide bonds. The second-order valence-electron chi connectivity index (χ2n) is 6.64. The van der Waals surface area contributed by atoms with E-state index in [1.165, 1.54) is 0 Å². The third-order valence-electron chi connectivity index (χ3n) is 5.03. The predicted octanol–water partition coefficient (Wildman–Crippen LogP) is 1.41. The monoisotopic (exact) mass is 362 g/mol. The van der Waals surface area contributed by atoms with E-state index < -0.39 is 11.8 Å². The third kappa shape index (κ3) is 2.87. The van der Waals surface area contributed by atoms with Gasteiger partial charge in [-0.3, -0.25) is 21.5 Å². The van der Waals surface area contributed by atoms with E-state index in [0.29, 0.717) is 12.3 Å². The van der Waals surface area contributed by atoms with Gasteiger partial charge in [-0.1, -0.05) is 42.5 Å². The molecular formula is C20H22N6O. The zero-order valence-corrected chi connectivity index (χ0v) is 15.0. The lowest BCUT2D eigenvalue weighted by Crippen LogP contribution is -2.53. The summed E-state index contributed by atoms with van der Waals surface area (Å²) in [4.78, 5) is 0. The minimum atomic E-state index is -0.931. The highest BCUT2D eigenvalue weighted by molar-refractivity contribution is 6.16. The molecule has 0 aromatic heterocycles. The highest BCUT2D eigenvalue weighted by Gasteiger charge is 2.46. The largest absolute Gasteiger partial charge is 0.497 e. The Bertz CT molecular complexity index is 953. The van der Waals surface area contributed by atoms with E-state index in [1.807, 2.05) is 60.7 Å². The van der Waals surface area contributed by atoms with E-state index in [4.69, 9.17) is 26.7 Å². The first kappa shape index (κ1) is 17.3. The molecule has 0 saturated carbocycles. The molecule has 1 aliphatic carbocycles. The van der Waals surface area contributed by atoms with Crippen LogP contribution in [0.2, 0.25) is 0 Å². The summed E-state index contributed by atoms with van der Waals surface area (Å²) >= 11 is 0. The number of fused-ring (bicyclic) bond motifs is 1. The Labute approximate surface area is 157 Å². The van der Waals surface area contributed by atoms with Gasteiger partial charge >= 0.3 is 0 Å². The van der Waals surface area contributed by atoms with Crippen molar-refractivity contribution in [3.05, 3.63) is 71.3 Å². The zero-order valence-electron chi connectivity index (χ0n) is 15.0. The molecule has 138 valence electrons. The van der Waals surface area contributed by atoms with Crippen LogP contribution in [-0.4, -0.2) is 36.5 Å². The average Bonchev–Trinajstić information content (AvgIpc) is 3.24. The molecule has 2 aromatic rings. The van der Waals surface area contributed by atoms with E-state index in [1.54, 1.807) is 12.1 Å². The Hall–Kier alpha value is -3.16. The van der Waals surface area contributed by atoms with Gasteiger partial charge < -0.3 is 10.5 Å². The minimum absolute atomic E-state index is 0.0173. The van der Waals surface area contributed by atoms with Crippen molar-refractivity contribution < 1.29 is 4.74 Å². The summed E-state index contributed by atoms with van der Waals surface area (Å²) in [5.74, 6) is 0.678.